The summed E-state index contributed by atoms with van der Waals surface area (Å²) >= 11 is 5.45. The second-order valence-electron chi connectivity index (χ2n) is 5.77. The number of aromatic nitrogens is 3. The fourth-order valence-electron chi connectivity index (χ4n) is 2.94. The zero-order chi connectivity index (χ0) is 18.1. The van der Waals surface area contributed by atoms with E-state index in [4.69, 9.17) is 12.2 Å². The maximum Gasteiger partial charge on any atom is 0.200 e. The minimum atomic E-state index is -0.0718. The Hall–Kier alpha value is -3.38. The highest BCUT2D eigenvalue weighted by Gasteiger charge is 2.17. The number of rotatable bonds is 3. The molecular formula is C20H15N3O2S. The van der Waals surface area contributed by atoms with E-state index in [0.29, 0.717) is 16.2 Å². The van der Waals surface area contributed by atoms with Gasteiger partial charge < -0.3 is 10.2 Å². The van der Waals surface area contributed by atoms with Crippen molar-refractivity contribution in [3.63, 3.8) is 0 Å². The van der Waals surface area contributed by atoms with Crippen LogP contribution in [0.15, 0.2) is 72.8 Å². The molecule has 0 fully saturated rings. The summed E-state index contributed by atoms with van der Waals surface area (Å²) in [5.41, 5.74) is 3.36. The van der Waals surface area contributed by atoms with E-state index in [9.17, 15) is 10.2 Å². The first-order valence-electron chi connectivity index (χ1n) is 8.00. The van der Waals surface area contributed by atoms with E-state index >= 15 is 0 Å². The molecule has 4 rings (SSSR count). The highest BCUT2D eigenvalue weighted by Crippen LogP contribution is 2.34. The van der Waals surface area contributed by atoms with E-state index in [-0.39, 0.29) is 11.5 Å². The molecule has 0 saturated carbocycles. The van der Waals surface area contributed by atoms with Crippen molar-refractivity contribution in [3.8, 4) is 39.7 Å². The molecule has 4 aromatic rings. The predicted octanol–water partition coefficient (Wildman–Crippen LogP) is 4.68. The van der Waals surface area contributed by atoms with Crippen LogP contribution in [0, 0.1) is 4.77 Å². The Kier molecular flexibility index (Phi) is 4.02. The molecule has 0 spiro atoms. The van der Waals surface area contributed by atoms with Crippen molar-refractivity contribution in [1.29, 1.82) is 0 Å². The van der Waals surface area contributed by atoms with Crippen LogP contribution in [0.4, 0.5) is 0 Å². The molecule has 0 aliphatic rings. The first-order chi connectivity index (χ1) is 12.6. The Labute approximate surface area is 154 Å². The molecule has 0 amide bonds. The van der Waals surface area contributed by atoms with E-state index in [2.05, 4.69) is 10.2 Å². The summed E-state index contributed by atoms with van der Waals surface area (Å²) in [6.07, 6.45) is 0. The fraction of sp³-hybridized carbons (Fsp3) is 0. The molecule has 0 aliphatic carbocycles. The number of hydrogen-bond acceptors (Lipinski definition) is 4. The summed E-state index contributed by atoms with van der Waals surface area (Å²) in [4.78, 5) is 0. The van der Waals surface area contributed by atoms with Gasteiger partial charge in [-0.25, -0.2) is 0 Å². The lowest BCUT2D eigenvalue weighted by Crippen LogP contribution is -2.00. The molecular weight excluding hydrogens is 346 g/mol. The predicted molar refractivity (Wildman–Crippen MR) is 103 cm³/mol. The van der Waals surface area contributed by atoms with Gasteiger partial charge in [-0.05, 0) is 36.0 Å². The summed E-state index contributed by atoms with van der Waals surface area (Å²) in [7, 11) is 0. The van der Waals surface area contributed by atoms with Gasteiger partial charge in [-0.3, -0.25) is 9.67 Å². The number of aromatic hydroxyl groups is 2. The first kappa shape index (κ1) is 16.1. The summed E-state index contributed by atoms with van der Waals surface area (Å²) in [5.74, 6) is 0.380. The van der Waals surface area contributed by atoms with Gasteiger partial charge in [0.05, 0.1) is 11.3 Å². The second kappa shape index (κ2) is 6.50. The number of para-hydroxylation sites is 1. The Morgan fingerprint density at radius 1 is 0.846 bits per heavy atom. The highest BCUT2D eigenvalue weighted by molar-refractivity contribution is 7.71. The van der Waals surface area contributed by atoms with Crippen LogP contribution < -0.4 is 0 Å². The smallest absolute Gasteiger partial charge is 0.200 e. The zero-order valence-electron chi connectivity index (χ0n) is 13.6. The molecule has 0 aliphatic heterocycles. The maximum atomic E-state index is 10.3. The fourth-order valence-corrected chi connectivity index (χ4v) is 3.17. The Morgan fingerprint density at radius 2 is 1.58 bits per heavy atom. The van der Waals surface area contributed by atoms with Crippen molar-refractivity contribution in [1.82, 2.24) is 14.8 Å². The monoisotopic (exact) mass is 361 g/mol. The van der Waals surface area contributed by atoms with Gasteiger partial charge in [0.2, 0.25) is 0 Å². The van der Waals surface area contributed by atoms with Crippen LogP contribution in [-0.2, 0) is 0 Å². The van der Waals surface area contributed by atoms with Gasteiger partial charge in [-0.15, -0.1) is 0 Å². The largest absolute Gasteiger partial charge is 0.508 e. The number of benzene rings is 3. The van der Waals surface area contributed by atoms with Gasteiger partial charge in [0.15, 0.2) is 10.6 Å². The Bertz CT molecular complexity index is 1130. The van der Waals surface area contributed by atoms with Crippen LogP contribution in [0.5, 0.6) is 11.5 Å². The van der Waals surface area contributed by atoms with E-state index in [1.807, 2.05) is 54.6 Å². The van der Waals surface area contributed by atoms with Gasteiger partial charge >= 0.3 is 0 Å². The molecule has 5 nitrogen and oxygen atoms in total. The molecule has 26 heavy (non-hydrogen) atoms. The van der Waals surface area contributed by atoms with Crippen LogP contribution in [0.25, 0.3) is 28.2 Å². The van der Waals surface area contributed by atoms with Crippen LogP contribution in [-0.4, -0.2) is 25.0 Å². The SMILES string of the molecule is Oc1ccc(-c2n[nH]c(=S)n2-c2ccccc2-c2ccccc2)c(O)c1. The lowest BCUT2D eigenvalue weighted by Gasteiger charge is -2.13. The number of nitrogens with one attached hydrogen (secondary N) is 1. The van der Waals surface area contributed by atoms with Gasteiger partial charge in [-0.1, -0.05) is 48.5 Å². The lowest BCUT2D eigenvalue weighted by atomic mass is 10.0. The number of nitrogens with zero attached hydrogens (tertiary/aromatic N) is 2. The third-order valence-corrected chi connectivity index (χ3v) is 4.40. The van der Waals surface area contributed by atoms with Crippen molar-refractivity contribution in [3.05, 3.63) is 77.6 Å². The topological polar surface area (TPSA) is 74.1 Å². The minimum Gasteiger partial charge on any atom is -0.508 e. The van der Waals surface area contributed by atoms with Crippen molar-refractivity contribution in [2.75, 3.05) is 0 Å². The molecule has 3 N–H and O–H groups in total. The standard InChI is InChI=1S/C20H15N3O2S/c24-14-10-11-16(18(25)12-14)19-21-22-20(26)23(19)17-9-5-4-8-15(17)13-6-2-1-3-7-13/h1-12,24-25H,(H,22,26). The average molecular weight is 361 g/mol. The molecule has 0 bridgehead atoms. The second-order valence-corrected chi connectivity index (χ2v) is 6.16. The van der Waals surface area contributed by atoms with Crippen molar-refractivity contribution < 1.29 is 10.2 Å². The highest BCUT2D eigenvalue weighted by atomic mass is 32.1. The molecule has 128 valence electrons. The number of hydrogen-bond donors (Lipinski definition) is 3. The Balaban J connectivity index is 1.97. The molecule has 6 heteroatoms. The third-order valence-electron chi connectivity index (χ3n) is 4.12. The first-order valence-corrected chi connectivity index (χ1v) is 8.40. The van der Waals surface area contributed by atoms with Crippen molar-refractivity contribution in [2.24, 2.45) is 0 Å². The third kappa shape index (κ3) is 2.76. The normalized spacial score (nSPS) is 10.8. The maximum absolute atomic E-state index is 10.3. The molecule has 3 aromatic carbocycles. The minimum absolute atomic E-state index is 0.0170. The van der Waals surface area contributed by atoms with Crippen molar-refractivity contribution >= 4 is 12.2 Å². The summed E-state index contributed by atoms with van der Waals surface area (Å²) in [6.45, 7) is 0. The molecule has 1 heterocycles. The Morgan fingerprint density at radius 3 is 2.35 bits per heavy atom. The molecule has 1 aromatic heterocycles. The van der Waals surface area contributed by atoms with Gasteiger partial charge in [0.1, 0.15) is 11.5 Å². The number of phenols is 2. The van der Waals surface area contributed by atoms with Crippen molar-refractivity contribution in [2.45, 2.75) is 0 Å². The van der Waals surface area contributed by atoms with E-state index < -0.39 is 0 Å². The van der Waals surface area contributed by atoms with E-state index in [1.165, 1.54) is 12.1 Å². The molecule has 0 atom stereocenters. The number of H-pyrrole nitrogens is 1. The molecule has 0 unspecified atom stereocenters. The molecule has 0 saturated heterocycles. The summed E-state index contributed by atoms with van der Waals surface area (Å²) in [5, 5.41) is 26.9. The van der Waals surface area contributed by atoms with Gasteiger partial charge in [0.25, 0.3) is 0 Å². The van der Waals surface area contributed by atoms with Gasteiger partial charge in [-0.2, -0.15) is 5.10 Å². The summed E-state index contributed by atoms with van der Waals surface area (Å²) < 4.78 is 2.19. The lowest BCUT2D eigenvalue weighted by molar-refractivity contribution is 0.451. The van der Waals surface area contributed by atoms with Crippen LogP contribution in [0.1, 0.15) is 0 Å². The van der Waals surface area contributed by atoms with E-state index in [1.54, 1.807) is 10.6 Å². The van der Waals surface area contributed by atoms with Gasteiger partial charge in [0, 0.05) is 11.6 Å². The van der Waals surface area contributed by atoms with Crippen LogP contribution in [0.3, 0.4) is 0 Å². The number of phenolic OH excluding ortho intramolecular Hbond substituents is 2. The number of aromatic amines is 1. The van der Waals surface area contributed by atoms with Crippen LogP contribution in [0.2, 0.25) is 0 Å². The van der Waals surface area contributed by atoms with E-state index in [0.717, 1.165) is 16.8 Å². The molecule has 0 radical (unpaired) electrons. The quantitative estimate of drug-likeness (QED) is 0.463. The van der Waals surface area contributed by atoms with Crippen LogP contribution >= 0.6 is 12.2 Å². The average Bonchev–Trinajstić information content (AvgIpc) is 3.03. The summed E-state index contributed by atoms with van der Waals surface area (Å²) in [6, 6.07) is 22.2. The zero-order valence-corrected chi connectivity index (χ0v) is 14.4.